The lowest BCUT2D eigenvalue weighted by molar-refractivity contribution is -0.143. The van der Waals surface area contributed by atoms with Gasteiger partial charge in [0.2, 0.25) is 5.91 Å². The molecule has 0 bridgehead atoms. The number of carboxylic acids is 1. The summed E-state index contributed by atoms with van der Waals surface area (Å²) in [4.78, 5) is 40.8. The van der Waals surface area contributed by atoms with Crippen LogP contribution in [-0.2, 0) is 20.9 Å². The molecule has 1 aliphatic heterocycles. The Balaban J connectivity index is 1.30. The summed E-state index contributed by atoms with van der Waals surface area (Å²) in [6.45, 7) is 5.53. The van der Waals surface area contributed by atoms with E-state index in [-0.39, 0.29) is 18.9 Å². The van der Waals surface area contributed by atoms with Crippen molar-refractivity contribution >= 4 is 18.0 Å². The smallest absolute Gasteiger partial charge is 0.408 e. The quantitative estimate of drug-likeness (QED) is 0.314. The molecule has 8 nitrogen and oxygen atoms in total. The minimum atomic E-state index is -1.30. The fraction of sp³-hybridized carbons (Fsp3) is 0.303. The molecule has 41 heavy (non-hydrogen) atoms. The Morgan fingerprint density at radius 3 is 2.12 bits per heavy atom. The number of ether oxygens (including phenoxy) is 1. The zero-order valence-electron chi connectivity index (χ0n) is 22.9. The third kappa shape index (κ3) is 6.18. The van der Waals surface area contributed by atoms with Crippen LogP contribution in [-0.4, -0.2) is 59.3 Å². The van der Waals surface area contributed by atoms with Crippen molar-refractivity contribution in [3.8, 4) is 11.1 Å². The van der Waals surface area contributed by atoms with Crippen molar-refractivity contribution in [3.05, 3.63) is 108 Å². The van der Waals surface area contributed by atoms with Crippen LogP contribution in [0.25, 0.3) is 11.1 Å². The van der Waals surface area contributed by atoms with Crippen LogP contribution in [0.4, 0.5) is 4.79 Å². The lowest BCUT2D eigenvalue weighted by Crippen LogP contribution is -2.64. The van der Waals surface area contributed by atoms with E-state index in [4.69, 9.17) is 4.74 Å². The zero-order chi connectivity index (χ0) is 28.8. The second kappa shape index (κ2) is 12.4. The average Bonchev–Trinajstić information content (AvgIpc) is 3.31. The Morgan fingerprint density at radius 2 is 1.54 bits per heavy atom. The SMILES string of the molecule is C=CCC(NC(=O)C1(NC(=O)OCC2c3ccccc3-c3ccccc32)CCN(Cc2ccccc2)CC1)C(=O)O. The highest BCUT2D eigenvalue weighted by atomic mass is 16.5. The van der Waals surface area contributed by atoms with Gasteiger partial charge in [-0.3, -0.25) is 9.69 Å². The molecule has 0 saturated carbocycles. The molecule has 3 aromatic rings. The van der Waals surface area contributed by atoms with Gasteiger partial charge in [0.15, 0.2) is 0 Å². The van der Waals surface area contributed by atoms with E-state index < -0.39 is 29.6 Å². The van der Waals surface area contributed by atoms with Gasteiger partial charge >= 0.3 is 12.1 Å². The first-order valence-corrected chi connectivity index (χ1v) is 13.9. The topological polar surface area (TPSA) is 108 Å². The molecule has 1 fully saturated rings. The number of aliphatic carboxylic acids is 1. The van der Waals surface area contributed by atoms with Crippen molar-refractivity contribution in [1.29, 1.82) is 0 Å². The monoisotopic (exact) mass is 553 g/mol. The summed E-state index contributed by atoms with van der Waals surface area (Å²) >= 11 is 0. The summed E-state index contributed by atoms with van der Waals surface area (Å²) in [5.41, 5.74) is 4.30. The Labute approximate surface area is 240 Å². The summed E-state index contributed by atoms with van der Waals surface area (Å²) in [5, 5.41) is 15.1. The number of fused-ring (bicyclic) bond motifs is 3. The molecule has 1 heterocycles. The van der Waals surface area contributed by atoms with Crippen molar-refractivity contribution in [2.24, 2.45) is 0 Å². The zero-order valence-corrected chi connectivity index (χ0v) is 22.9. The van der Waals surface area contributed by atoms with Crippen molar-refractivity contribution in [1.82, 2.24) is 15.5 Å². The molecule has 1 unspecified atom stereocenters. The number of likely N-dealkylation sites (tertiary alicyclic amines) is 1. The second-order valence-corrected chi connectivity index (χ2v) is 10.7. The van der Waals surface area contributed by atoms with E-state index in [1.807, 2.05) is 54.6 Å². The van der Waals surface area contributed by atoms with Crippen LogP contribution in [0.15, 0.2) is 91.5 Å². The van der Waals surface area contributed by atoms with Crippen molar-refractivity contribution in [2.75, 3.05) is 19.7 Å². The van der Waals surface area contributed by atoms with Crippen LogP contribution in [0.2, 0.25) is 0 Å². The Hall–Kier alpha value is -4.43. The highest BCUT2D eigenvalue weighted by molar-refractivity contribution is 5.93. The third-order valence-electron chi connectivity index (χ3n) is 8.08. The number of benzene rings is 3. The van der Waals surface area contributed by atoms with E-state index >= 15 is 0 Å². The number of piperidine rings is 1. The van der Waals surface area contributed by atoms with Gasteiger partial charge in [-0.2, -0.15) is 0 Å². The Bertz CT molecular complexity index is 1370. The van der Waals surface area contributed by atoms with Gasteiger partial charge in [0.05, 0.1) is 0 Å². The maximum absolute atomic E-state index is 13.6. The molecule has 0 aromatic heterocycles. The van der Waals surface area contributed by atoms with Crippen molar-refractivity contribution in [3.63, 3.8) is 0 Å². The third-order valence-corrected chi connectivity index (χ3v) is 8.08. The van der Waals surface area contributed by atoms with Crippen LogP contribution < -0.4 is 10.6 Å². The van der Waals surface area contributed by atoms with Gasteiger partial charge in [0, 0.05) is 25.6 Å². The molecule has 3 N–H and O–H groups in total. The number of nitrogens with zero attached hydrogens (tertiary/aromatic N) is 1. The number of nitrogens with one attached hydrogen (secondary N) is 2. The molecule has 8 heteroatoms. The largest absolute Gasteiger partial charge is 0.480 e. The number of carbonyl (C=O) groups is 3. The van der Waals surface area contributed by atoms with Gasteiger partial charge in [-0.05, 0) is 47.1 Å². The predicted molar refractivity (Wildman–Crippen MR) is 156 cm³/mol. The lowest BCUT2D eigenvalue weighted by atomic mass is 9.86. The first-order valence-electron chi connectivity index (χ1n) is 13.9. The molecular weight excluding hydrogens is 518 g/mol. The maximum atomic E-state index is 13.6. The number of carbonyl (C=O) groups excluding carboxylic acids is 2. The number of carboxylic acid groups (broad SMARTS) is 1. The molecule has 1 saturated heterocycles. The van der Waals surface area contributed by atoms with Crippen LogP contribution >= 0.6 is 0 Å². The predicted octanol–water partition coefficient (Wildman–Crippen LogP) is 4.71. The molecule has 1 atom stereocenters. The van der Waals surface area contributed by atoms with Crippen LogP contribution in [0.5, 0.6) is 0 Å². The van der Waals surface area contributed by atoms with E-state index in [1.165, 1.54) is 6.08 Å². The highest BCUT2D eigenvalue weighted by Crippen LogP contribution is 2.44. The number of rotatable bonds is 10. The molecule has 0 spiro atoms. The van der Waals surface area contributed by atoms with Crippen molar-refractivity contribution in [2.45, 2.75) is 43.3 Å². The molecule has 212 valence electrons. The van der Waals surface area contributed by atoms with E-state index in [0.717, 1.165) is 34.4 Å². The number of hydrogen-bond acceptors (Lipinski definition) is 5. The van der Waals surface area contributed by atoms with Crippen molar-refractivity contribution < 1.29 is 24.2 Å². The second-order valence-electron chi connectivity index (χ2n) is 10.7. The van der Waals surface area contributed by atoms with Crippen LogP contribution in [0.3, 0.4) is 0 Å². The number of hydrogen-bond donors (Lipinski definition) is 3. The van der Waals surface area contributed by atoms with E-state index in [0.29, 0.717) is 25.9 Å². The highest BCUT2D eigenvalue weighted by Gasteiger charge is 2.44. The summed E-state index contributed by atoms with van der Waals surface area (Å²) < 4.78 is 5.76. The standard InChI is InChI=1S/C33H35N3O5/c1-2-10-29(30(37)38)34-31(39)33(17-19-36(20-18-33)21-23-11-4-3-5-12-23)35-32(40)41-22-28-26-15-8-6-13-24(26)25-14-7-9-16-27(25)28/h2-9,11-16,28-29H,1,10,17-22H2,(H,34,39)(H,35,40)(H,37,38). The summed E-state index contributed by atoms with van der Waals surface area (Å²) in [5.74, 6) is -1.80. The molecule has 2 amide bonds. The number of alkyl carbamates (subject to hydrolysis) is 1. The van der Waals surface area contributed by atoms with Crippen LogP contribution in [0.1, 0.15) is 41.9 Å². The fourth-order valence-electron chi connectivity index (χ4n) is 5.86. The van der Waals surface area contributed by atoms with Crippen LogP contribution in [0, 0.1) is 0 Å². The molecule has 0 radical (unpaired) electrons. The van der Waals surface area contributed by atoms with Gasteiger partial charge in [0.25, 0.3) is 0 Å². The fourth-order valence-corrected chi connectivity index (χ4v) is 5.86. The van der Waals surface area contributed by atoms with Gasteiger partial charge in [-0.15, -0.1) is 6.58 Å². The molecule has 1 aliphatic carbocycles. The summed E-state index contributed by atoms with van der Waals surface area (Å²) in [6, 6.07) is 25.1. The van der Waals surface area contributed by atoms with E-state index in [1.54, 1.807) is 0 Å². The Morgan fingerprint density at radius 1 is 0.951 bits per heavy atom. The lowest BCUT2D eigenvalue weighted by Gasteiger charge is -2.41. The molecular formula is C33H35N3O5. The molecule has 2 aliphatic rings. The first-order chi connectivity index (χ1) is 19.9. The summed E-state index contributed by atoms with van der Waals surface area (Å²) in [6.07, 6.45) is 1.45. The van der Waals surface area contributed by atoms with Gasteiger partial charge in [-0.1, -0.05) is 84.9 Å². The minimum absolute atomic E-state index is 0.0717. The van der Waals surface area contributed by atoms with Gasteiger partial charge in [0.1, 0.15) is 18.2 Å². The number of amides is 2. The molecule has 5 rings (SSSR count). The first kappa shape index (κ1) is 28.1. The maximum Gasteiger partial charge on any atom is 0.408 e. The van der Waals surface area contributed by atoms with E-state index in [9.17, 15) is 19.5 Å². The summed E-state index contributed by atoms with van der Waals surface area (Å²) in [7, 11) is 0. The minimum Gasteiger partial charge on any atom is -0.480 e. The molecule has 3 aromatic carbocycles. The Kier molecular flexibility index (Phi) is 8.50. The normalized spacial score (nSPS) is 16.6. The average molecular weight is 554 g/mol. The van der Waals surface area contributed by atoms with E-state index in [2.05, 4.69) is 46.4 Å². The van der Waals surface area contributed by atoms with Gasteiger partial charge < -0.3 is 20.5 Å². The van der Waals surface area contributed by atoms with Gasteiger partial charge in [-0.25, -0.2) is 9.59 Å².